The van der Waals surface area contributed by atoms with E-state index in [0.717, 1.165) is 11.3 Å². The predicted molar refractivity (Wildman–Crippen MR) is 46.6 cm³/mol. The van der Waals surface area contributed by atoms with Crippen molar-refractivity contribution in [1.82, 2.24) is 0 Å². The topological polar surface area (TPSA) is 18.5 Å². The van der Waals surface area contributed by atoms with Gasteiger partial charge < -0.3 is 9.47 Å². The van der Waals surface area contributed by atoms with Crippen LogP contribution in [0.15, 0.2) is 18.2 Å². The average Bonchev–Trinajstić information content (AvgIpc) is 2.49. The molecule has 0 saturated heterocycles. The summed E-state index contributed by atoms with van der Waals surface area (Å²) in [6.45, 7) is 0.263. The Hall–Kier alpha value is -0.600. The van der Waals surface area contributed by atoms with Gasteiger partial charge in [-0.15, -0.1) is 0 Å². The molecule has 2 nitrogen and oxygen atoms in total. The van der Waals surface area contributed by atoms with E-state index in [1.54, 1.807) is 18.2 Å². The Kier molecular flexibility index (Phi) is 2.03. The van der Waals surface area contributed by atoms with E-state index < -0.39 is 0 Å². The maximum atomic E-state index is 5.59. The summed E-state index contributed by atoms with van der Waals surface area (Å²) in [6.07, 6.45) is 0. The molecule has 1 heterocycles. The molecule has 0 N–H and O–H groups in total. The van der Waals surface area contributed by atoms with E-state index in [0.29, 0.717) is 5.75 Å². The van der Waals surface area contributed by atoms with E-state index in [1.165, 1.54) is 0 Å². The van der Waals surface area contributed by atoms with Gasteiger partial charge in [-0.2, -0.15) is 0 Å². The summed E-state index contributed by atoms with van der Waals surface area (Å²) in [4.78, 5) is 0.230. The third kappa shape index (κ3) is 1.32. The molecule has 0 saturated carbocycles. The zero-order valence-electron chi connectivity index (χ0n) is 6.01. The van der Waals surface area contributed by atoms with Crippen molar-refractivity contribution in [3.63, 3.8) is 0 Å². The third-order valence-electron chi connectivity index (χ3n) is 1.59. The molecule has 1 aliphatic rings. The quantitative estimate of drug-likeness (QED) is 0.700. The molecule has 0 amide bonds. The minimum absolute atomic E-state index is 0.230. The maximum absolute atomic E-state index is 5.59. The molecule has 0 atom stereocenters. The Morgan fingerprint density at radius 2 is 1.92 bits per heavy atom. The van der Waals surface area contributed by atoms with Crippen molar-refractivity contribution in [2.45, 2.75) is 0 Å². The van der Waals surface area contributed by atoms with E-state index in [1.807, 2.05) is 0 Å². The summed E-state index contributed by atoms with van der Waals surface area (Å²) in [5, 5.41) is 0. The molecule has 12 heavy (non-hydrogen) atoms. The molecular weight excluding hydrogens is 199 g/mol. The van der Waals surface area contributed by atoms with Gasteiger partial charge in [-0.05, 0) is 17.7 Å². The minimum Gasteiger partial charge on any atom is -0.454 e. The molecule has 1 aromatic rings. The summed E-state index contributed by atoms with van der Waals surface area (Å²) in [5.41, 5.74) is 0.739. The van der Waals surface area contributed by atoms with E-state index in [9.17, 15) is 0 Å². The predicted octanol–water partition coefficient (Wildman–Crippen LogP) is 2.73. The molecule has 1 aromatic carbocycles. The number of hydrogen-bond acceptors (Lipinski definition) is 2. The summed E-state index contributed by atoms with van der Waals surface area (Å²) in [7, 11) is 0. The van der Waals surface area contributed by atoms with Crippen molar-refractivity contribution in [3.8, 4) is 11.5 Å². The van der Waals surface area contributed by atoms with Gasteiger partial charge in [-0.25, -0.2) is 0 Å². The third-order valence-corrected chi connectivity index (χ3v) is 2.03. The zero-order chi connectivity index (χ0) is 8.55. The van der Waals surface area contributed by atoms with Crippen LogP contribution in [0.1, 0.15) is 5.56 Å². The van der Waals surface area contributed by atoms with Crippen LogP contribution in [0.2, 0.25) is 0 Å². The molecule has 0 bridgehead atoms. The van der Waals surface area contributed by atoms with Gasteiger partial charge in [0, 0.05) is 0 Å². The molecule has 0 aliphatic carbocycles. The molecule has 1 aliphatic heterocycles. The molecule has 2 rings (SSSR count). The fourth-order valence-electron chi connectivity index (χ4n) is 1.01. The van der Waals surface area contributed by atoms with Crippen LogP contribution in [-0.4, -0.2) is 6.79 Å². The Bertz CT molecular complexity index is 299. The normalized spacial score (nSPS) is 13.9. The van der Waals surface area contributed by atoms with E-state index >= 15 is 0 Å². The van der Waals surface area contributed by atoms with Gasteiger partial charge in [0.1, 0.15) is 0 Å². The Balaban J connectivity index is 2.39. The fourth-order valence-corrected chi connectivity index (χ4v) is 1.25. The molecule has 0 spiro atoms. The average molecular weight is 204 g/mol. The first-order valence-corrected chi connectivity index (χ1v) is 4.11. The number of fused-ring (bicyclic) bond motifs is 1. The van der Waals surface area contributed by atoms with E-state index in [-0.39, 0.29) is 11.6 Å². The molecule has 63 valence electrons. The number of hydrogen-bond donors (Lipinski definition) is 0. The van der Waals surface area contributed by atoms with Crippen molar-refractivity contribution in [2.75, 3.05) is 6.79 Å². The SMILES string of the molecule is Cl[C](Cl)c1ccc2c(c1)OCO2. The number of benzene rings is 1. The highest BCUT2D eigenvalue weighted by Gasteiger charge is 2.15. The lowest BCUT2D eigenvalue weighted by molar-refractivity contribution is 0.174. The highest BCUT2D eigenvalue weighted by Crippen LogP contribution is 2.36. The Morgan fingerprint density at radius 1 is 1.17 bits per heavy atom. The standard InChI is InChI=1S/C8H5Cl2O2/c9-8(10)5-1-2-6-7(3-5)12-4-11-6/h1-3H,4H2. The first-order valence-electron chi connectivity index (χ1n) is 3.35. The van der Waals surface area contributed by atoms with Crippen LogP contribution in [0.3, 0.4) is 0 Å². The fraction of sp³-hybridized carbons (Fsp3) is 0.125. The van der Waals surface area contributed by atoms with Crippen LogP contribution < -0.4 is 9.47 Å². The van der Waals surface area contributed by atoms with Crippen LogP contribution in [-0.2, 0) is 0 Å². The zero-order valence-corrected chi connectivity index (χ0v) is 7.52. The summed E-state index contributed by atoms with van der Waals surface area (Å²) in [6, 6.07) is 5.31. The van der Waals surface area contributed by atoms with Gasteiger partial charge in [0.05, 0.1) is 0 Å². The number of ether oxygens (including phenoxy) is 2. The van der Waals surface area contributed by atoms with E-state index in [4.69, 9.17) is 32.7 Å². The van der Waals surface area contributed by atoms with Crippen LogP contribution in [0.5, 0.6) is 11.5 Å². The van der Waals surface area contributed by atoms with Gasteiger partial charge in [0.15, 0.2) is 16.3 Å². The van der Waals surface area contributed by atoms with Gasteiger partial charge in [-0.3, -0.25) is 0 Å². The van der Waals surface area contributed by atoms with Crippen molar-refractivity contribution >= 4 is 23.2 Å². The van der Waals surface area contributed by atoms with Gasteiger partial charge in [0.2, 0.25) is 6.79 Å². The van der Waals surface area contributed by atoms with Gasteiger partial charge >= 0.3 is 0 Å². The molecule has 4 heteroatoms. The highest BCUT2D eigenvalue weighted by molar-refractivity contribution is 6.54. The lowest BCUT2D eigenvalue weighted by Gasteiger charge is -2.00. The van der Waals surface area contributed by atoms with Crippen LogP contribution in [0.25, 0.3) is 0 Å². The highest BCUT2D eigenvalue weighted by atomic mass is 35.5. The summed E-state index contributed by atoms with van der Waals surface area (Å²) >= 11 is 11.2. The second-order valence-corrected chi connectivity index (χ2v) is 3.28. The largest absolute Gasteiger partial charge is 0.454 e. The molecular formula is C8H5Cl2O2. The Morgan fingerprint density at radius 3 is 2.67 bits per heavy atom. The Labute approximate surface area is 80.0 Å². The number of rotatable bonds is 1. The molecule has 1 radical (unpaired) electrons. The van der Waals surface area contributed by atoms with Crippen LogP contribution in [0, 0.1) is 4.84 Å². The second-order valence-electron chi connectivity index (χ2n) is 2.33. The lowest BCUT2D eigenvalue weighted by atomic mass is 10.2. The monoisotopic (exact) mass is 203 g/mol. The van der Waals surface area contributed by atoms with Crippen molar-refractivity contribution in [1.29, 1.82) is 0 Å². The van der Waals surface area contributed by atoms with Crippen molar-refractivity contribution < 1.29 is 9.47 Å². The van der Waals surface area contributed by atoms with Crippen LogP contribution >= 0.6 is 23.2 Å². The second kappa shape index (κ2) is 3.04. The molecule has 0 aromatic heterocycles. The first kappa shape index (κ1) is 8.02. The molecule has 0 unspecified atom stereocenters. The lowest BCUT2D eigenvalue weighted by Crippen LogP contribution is -1.92. The smallest absolute Gasteiger partial charge is 0.231 e. The minimum atomic E-state index is 0.230. The van der Waals surface area contributed by atoms with Crippen LogP contribution in [0.4, 0.5) is 0 Å². The molecule has 0 fully saturated rings. The summed E-state index contributed by atoms with van der Waals surface area (Å²) < 4.78 is 10.3. The first-order chi connectivity index (χ1) is 5.77. The maximum Gasteiger partial charge on any atom is 0.231 e. The summed E-state index contributed by atoms with van der Waals surface area (Å²) in [5.74, 6) is 1.42. The van der Waals surface area contributed by atoms with E-state index in [2.05, 4.69) is 0 Å². The van der Waals surface area contributed by atoms with Crippen molar-refractivity contribution in [3.05, 3.63) is 28.6 Å². The number of halogens is 2. The van der Waals surface area contributed by atoms with Gasteiger partial charge in [-0.1, -0.05) is 29.3 Å². The van der Waals surface area contributed by atoms with Gasteiger partial charge in [0.25, 0.3) is 0 Å². The van der Waals surface area contributed by atoms with Crippen molar-refractivity contribution in [2.24, 2.45) is 0 Å².